The van der Waals surface area contributed by atoms with Crippen LogP contribution in [0.4, 0.5) is 0 Å². The van der Waals surface area contributed by atoms with Crippen molar-refractivity contribution in [1.82, 2.24) is 0 Å². The number of alkyl halides is 1. The van der Waals surface area contributed by atoms with Crippen LogP contribution in [-0.2, 0) is 0 Å². The smallest absolute Gasteiger partial charge is 0.0300 e. The molecule has 0 aromatic heterocycles. The molecule has 2 aliphatic carbocycles. The first-order valence-corrected chi connectivity index (χ1v) is 9.88. The maximum absolute atomic E-state index is 4.05. The number of hydrogen-bond acceptors (Lipinski definition) is 0. The SMILES string of the molecule is CC1(C)[C@H](c2ccccc2)[C@H]2C(Br)=C(c3ccccc3)[C@H]1[C@@H]2Br. The molecule has 2 aromatic rings. The highest BCUT2D eigenvalue weighted by Crippen LogP contribution is 2.70. The van der Waals surface area contributed by atoms with Crippen LogP contribution in [0.3, 0.4) is 0 Å². The van der Waals surface area contributed by atoms with Crippen LogP contribution in [0.15, 0.2) is 65.1 Å². The fraction of sp³-hybridized carbons (Fsp3) is 0.333. The van der Waals surface area contributed by atoms with Crippen molar-refractivity contribution in [2.75, 3.05) is 0 Å². The van der Waals surface area contributed by atoms with E-state index in [0.29, 0.717) is 22.6 Å². The van der Waals surface area contributed by atoms with Gasteiger partial charge in [-0.05, 0) is 28.0 Å². The maximum Gasteiger partial charge on any atom is 0.0300 e. The van der Waals surface area contributed by atoms with E-state index in [0.717, 1.165) is 0 Å². The van der Waals surface area contributed by atoms with Gasteiger partial charge in [-0.1, -0.05) is 106 Å². The molecule has 0 amide bonds. The van der Waals surface area contributed by atoms with E-state index >= 15 is 0 Å². The van der Waals surface area contributed by atoms with Gasteiger partial charge in [0.05, 0.1) is 0 Å². The van der Waals surface area contributed by atoms with Gasteiger partial charge in [-0.3, -0.25) is 0 Å². The molecule has 2 heteroatoms. The molecule has 0 saturated heterocycles. The third kappa shape index (κ3) is 2.21. The molecule has 0 N–H and O–H groups in total. The minimum absolute atomic E-state index is 0.225. The third-order valence-electron chi connectivity index (χ3n) is 5.73. The molecule has 0 aliphatic heterocycles. The lowest BCUT2D eigenvalue weighted by Gasteiger charge is -2.40. The Morgan fingerprint density at radius 1 is 0.826 bits per heavy atom. The molecule has 0 radical (unpaired) electrons. The number of halogens is 2. The van der Waals surface area contributed by atoms with Crippen LogP contribution < -0.4 is 0 Å². The number of rotatable bonds is 2. The van der Waals surface area contributed by atoms with Crippen molar-refractivity contribution in [3.05, 3.63) is 76.3 Å². The van der Waals surface area contributed by atoms with Gasteiger partial charge in [0.15, 0.2) is 0 Å². The molecular formula is C21H20Br2. The van der Waals surface area contributed by atoms with E-state index in [1.807, 2.05) is 0 Å². The summed E-state index contributed by atoms with van der Waals surface area (Å²) in [7, 11) is 0. The molecule has 23 heavy (non-hydrogen) atoms. The van der Waals surface area contributed by atoms with E-state index in [1.165, 1.54) is 21.2 Å². The molecule has 4 atom stereocenters. The first kappa shape index (κ1) is 15.7. The van der Waals surface area contributed by atoms with Crippen LogP contribution in [0.2, 0.25) is 0 Å². The van der Waals surface area contributed by atoms with E-state index in [9.17, 15) is 0 Å². The topological polar surface area (TPSA) is 0 Å². The molecular weight excluding hydrogens is 412 g/mol. The Hall–Kier alpha value is -0.860. The van der Waals surface area contributed by atoms with Crippen LogP contribution in [0.25, 0.3) is 5.57 Å². The van der Waals surface area contributed by atoms with E-state index < -0.39 is 0 Å². The molecule has 0 nitrogen and oxygen atoms in total. The van der Waals surface area contributed by atoms with Crippen LogP contribution in [0.5, 0.6) is 0 Å². The first-order valence-electron chi connectivity index (χ1n) is 8.17. The van der Waals surface area contributed by atoms with E-state index in [4.69, 9.17) is 0 Å². The van der Waals surface area contributed by atoms with Gasteiger partial charge >= 0.3 is 0 Å². The zero-order valence-electron chi connectivity index (χ0n) is 13.3. The van der Waals surface area contributed by atoms with Crippen molar-refractivity contribution < 1.29 is 0 Å². The second kappa shape index (κ2) is 5.60. The molecule has 0 heterocycles. The summed E-state index contributed by atoms with van der Waals surface area (Å²) in [4.78, 5) is 0.493. The number of benzene rings is 2. The molecule has 0 unspecified atom stereocenters. The highest BCUT2D eigenvalue weighted by atomic mass is 79.9. The number of fused-ring (bicyclic) bond motifs is 2. The molecule has 1 saturated carbocycles. The lowest BCUT2D eigenvalue weighted by atomic mass is 9.65. The minimum atomic E-state index is 0.225. The van der Waals surface area contributed by atoms with Gasteiger partial charge in [0.1, 0.15) is 0 Å². The fourth-order valence-electron chi connectivity index (χ4n) is 4.84. The van der Waals surface area contributed by atoms with Crippen LogP contribution >= 0.6 is 31.9 Å². The molecule has 2 bridgehead atoms. The summed E-state index contributed by atoms with van der Waals surface area (Å²) in [5.41, 5.74) is 4.53. The Morgan fingerprint density at radius 3 is 2.00 bits per heavy atom. The van der Waals surface area contributed by atoms with Crippen molar-refractivity contribution in [2.45, 2.75) is 24.6 Å². The Balaban J connectivity index is 1.87. The summed E-state index contributed by atoms with van der Waals surface area (Å²) in [5.74, 6) is 1.57. The first-order chi connectivity index (χ1) is 11.0. The minimum Gasteiger partial charge on any atom is -0.0877 e. The second-order valence-electron chi connectivity index (χ2n) is 7.29. The summed E-state index contributed by atoms with van der Waals surface area (Å²) in [5, 5.41) is 0. The van der Waals surface area contributed by atoms with Gasteiger partial charge in [-0.2, -0.15) is 0 Å². The lowest BCUT2D eigenvalue weighted by molar-refractivity contribution is 0.263. The van der Waals surface area contributed by atoms with Gasteiger partial charge in [0.25, 0.3) is 0 Å². The molecule has 118 valence electrons. The predicted molar refractivity (Wildman–Crippen MR) is 105 cm³/mol. The average Bonchev–Trinajstić information content (AvgIpc) is 2.93. The van der Waals surface area contributed by atoms with Crippen molar-refractivity contribution in [1.29, 1.82) is 0 Å². The second-order valence-corrected chi connectivity index (χ2v) is 9.20. The number of allylic oxidation sites excluding steroid dienone is 2. The fourth-order valence-corrected chi connectivity index (χ4v) is 7.73. The van der Waals surface area contributed by atoms with Crippen molar-refractivity contribution >= 4 is 37.4 Å². The summed E-state index contributed by atoms with van der Waals surface area (Å²) in [6.45, 7) is 4.87. The third-order valence-corrected chi connectivity index (χ3v) is 7.78. The predicted octanol–water partition coefficient (Wildman–Crippen LogP) is 6.63. The Labute approximate surface area is 155 Å². The monoisotopic (exact) mass is 430 g/mol. The Kier molecular flexibility index (Phi) is 3.81. The summed E-state index contributed by atoms with van der Waals surface area (Å²) < 4.78 is 1.39. The standard InChI is InChI=1S/C21H20Br2/c1-21(2)17(14-11-7-4-8-12-14)16-19(22)15(18(21)20(16)23)13-9-5-3-6-10-13/h3-12,16-18,20H,1-2H3/t16-,17+,18-,20+/m0/s1. The highest BCUT2D eigenvalue weighted by Gasteiger charge is 2.61. The number of hydrogen-bond donors (Lipinski definition) is 0. The largest absolute Gasteiger partial charge is 0.0877 e. The Morgan fingerprint density at radius 2 is 1.39 bits per heavy atom. The summed E-state index contributed by atoms with van der Waals surface area (Å²) in [6, 6.07) is 21.9. The highest BCUT2D eigenvalue weighted by molar-refractivity contribution is 9.12. The van der Waals surface area contributed by atoms with Gasteiger partial charge in [-0.15, -0.1) is 0 Å². The van der Waals surface area contributed by atoms with Gasteiger partial charge in [0.2, 0.25) is 0 Å². The zero-order valence-corrected chi connectivity index (χ0v) is 16.5. The molecule has 0 spiro atoms. The maximum atomic E-state index is 4.05. The molecule has 4 rings (SSSR count). The molecule has 1 fully saturated rings. The lowest BCUT2D eigenvalue weighted by Crippen LogP contribution is -2.30. The van der Waals surface area contributed by atoms with Gasteiger partial charge in [-0.25, -0.2) is 0 Å². The van der Waals surface area contributed by atoms with Crippen molar-refractivity contribution in [3.8, 4) is 0 Å². The van der Waals surface area contributed by atoms with Crippen molar-refractivity contribution in [2.24, 2.45) is 17.3 Å². The van der Waals surface area contributed by atoms with Crippen LogP contribution in [0.1, 0.15) is 30.9 Å². The van der Waals surface area contributed by atoms with E-state index in [-0.39, 0.29) is 5.41 Å². The molecule has 2 aliphatic rings. The van der Waals surface area contributed by atoms with Gasteiger partial charge < -0.3 is 0 Å². The van der Waals surface area contributed by atoms with E-state index in [2.05, 4.69) is 106 Å². The summed E-state index contributed by atoms with van der Waals surface area (Å²) in [6.07, 6.45) is 0. The average molecular weight is 432 g/mol. The van der Waals surface area contributed by atoms with Crippen molar-refractivity contribution in [3.63, 3.8) is 0 Å². The normalized spacial score (nSPS) is 31.7. The Bertz CT molecular complexity index is 746. The zero-order chi connectivity index (χ0) is 16.2. The van der Waals surface area contributed by atoms with Crippen LogP contribution in [-0.4, -0.2) is 4.83 Å². The summed E-state index contributed by atoms with van der Waals surface area (Å²) >= 11 is 8.03. The van der Waals surface area contributed by atoms with Crippen LogP contribution in [0, 0.1) is 17.3 Å². The van der Waals surface area contributed by atoms with E-state index in [1.54, 1.807) is 0 Å². The molecule has 2 aromatic carbocycles. The quantitative estimate of drug-likeness (QED) is 0.468. The van der Waals surface area contributed by atoms with Gasteiger partial charge in [0, 0.05) is 21.1 Å².